The van der Waals surface area contributed by atoms with E-state index in [-0.39, 0.29) is 11.8 Å². The number of nitrogens with one attached hydrogen (secondary N) is 1. The molecule has 0 aliphatic rings. The first-order valence-corrected chi connectivity index (χ1v) is 7.43. The smallest absolute Gasteiger partial charge is 0.265 e. The van der Waals surface area contributed by atoms with Crippen LogP contribution < -0.4 is 5.32 Å². The van der Waals surface area contributed by atoms with Gasteiger partial charge in [-0.3, -0.25) is 14.9 Å². The first kappa shape index (κ1) is 16.0. The molecule has 7 heteroatoms. The number of hydrogen-bond acceptors (Lipinski definition) is 5. The Bertz CT molecular complexity index is 728. The summed E-state index contributed by atoms with van der Waals surface area (Å²) >= 11 is 1.16. The molecule has 2 heterocycles. The van der Waals surface area contributed by atoms with Crippen LogP contribution in [-0.2, 0) is 4.79 Å². The van der Waals surface area contributed by atoms with Crippen LogP contribution in [0.1, 0.15) is 26.9 Å². The highest BCUT2D eigenvalue weighted by Gasteiger charge is 2.17. The van der Waals surface area contributed by atoms with E-state index in [0.29, 0.717) is 21.5 Å². The number of aryl methyl sites for hydroxylation is 2. The number of furan rings is 1. The highest BCUT2D eigenvalue weighted by Crippen LogP contribution is 2.23. The minimum Gasteiger partial charge on any atom is -0.462 e. The van der Waals surface area contributed by atoms with Crippen molar-refractivity contribution in [2.24, 2.45) is 0 Å². The molecule has 6 nitrogen and oxygen atoms in total. The Morgan fingerprint density at radius 2 is 2.05 bits per heavy atom. The number of anilines is 1. The third-order valence-electron chi connectivity index (χ3n) is 2.79. The summed E-state index contributed by atoms with van der Waals surface area (Å²) in [6, 6.07) is 3.60. The average molecular weight is 319 g/mol. The van der Waals surface area contributed by atoms with E-state index < -0.39 is 0 Å². The Hall–Kier alpha value is -2.41. The highest BCUT2D eigenvalue weighted by molar-refractivity contribution is 7.17. The van der Waals surface area contributed by atoms with Crippen LogP contribution in [0.2, 0.25) is 0 Å². The molecular weight excluding hydrogens is 302 g/mol. The van der Waals surface area contributed by atoms with E-state index in [9.17, 15) is 9.59 Å². The molecule has 2 rings (SSSR count). The van der Waals surface area contributed by atoms with Crippen LogP contribution in [0.15, 0.2) is 22.6 Å². The van der Waals surface area contributed by atoms with Gasteiger partial charge < -0.3 is 9.32 Å². The van der Waals surface area contributed by atoms with Crippen LogP contribution in [0.5, 0.6) is 0 Å². The van der Waals surface area contributed by atoms with Crippen molar-refractivity contribution in [1.29, 1.82) is 0 Å². The van der Waals surface area contributed by atoms with Crippen LogP contribution >= 0.6 is 11.3 Å². The van der Waals surface area contributed by atoms with E-state index in [1.54, 1.807) is 33.2 Å². The summed E-state index contributed by atoms with van der Waals surface area (Å²) in [5.74, 6) is 0.928. The molecule has 0 bridgehead atoms. The zero-order chi connectivity index (χ0) is 16.3. The van der Waals surface area contributed by atoms with Gasteiger partial charge in [0, 0.05) is 20.2 Å². The number of rotatable bonds is 4. The van der Waals surface area contributed by atoms with Crippen molar-refractivity contribution in [3.05, 3.63) is 40.3 Å². The quantitative estimate of drug-likeness (QED) is 0.879. The maximum Gasteiger partial charge on any atom is 0.265 e. The van der Waals surface area contributed by atoms with E-state index in [4.69, 9.17) is 4.42 Å². The molecular formula is C15H17N3O3S. The second-order valence-corrected chi connectivity index (χ2v) is 5.90. The summed E-state index contributed by atoms with van der Waals surface area (Å²) < 4.78 is 5.34. The van der Waals surface area contributed by atoms with Crippen molar-refractivity contribution in [2.45, 2.75) is 13.8 Å². The molecule has 0 unspecified atom stereocenters. The standard InChI is InChI=1S/C15H17N3O3S/c1-9-5-6-11(21-9)7-8-12(19)17-15-16-10(2)13(22-15)14(20)18(3)4/h5-8H,1-4H3,(H,16,17,19)/b8-7+. The Kier molecular flexibility index (Phi) is 4.77. The highest BCUT2D eigenvalue weighted by atomic mass is 32.1. The van der Waals surface area contributed by atoms with Gasteiger partial charge in [-0.05, 0) is 32.1 Å². The van der Waals surface area contributed by atoms with Crippen molar-refractivity contribution in [1.82, 2.24) is 9.88 Å². The van der Waals surface area contributed by atoms with Crippen molar-refractivity contribution in [3.63, 3.8) is 0 Å². The van der Waals surface area contributed by atoms with Gasteiger partial charge in [0.2, 0.25) is 5.91 Å². The monoisotopic (exact) mass is 319 g/mol. The minimum absolute atomic E-state index is 0.128. The second kappa shape index (κ2) is 6.57. The Labute approximate surface area is 132 Å². The van der Waals surface area contributed by atoms with Gasteiger partial charge in [-0.15, -0.1) is 0 Å². The zero-order valence-corrected chi connectivity index (χ0v) is 13.7. The summed E-state index contributed by atoms with van der Waals surface area (Å²) in [6.07, 6.45) is 2.94. The van der Waals surface area contributed by atoms with Crippen LogP contribution in [0, 0.1) is 13.8 Å². The number of amides is 2. The molecule has 0 radical (unpaired) electrons. The Morgan fingerprint density at radius 3 is 2.64 bits per heavy atom. The maximum atomic E-state index is 11.9. The Balaban J connectivity index is 2.04. The van der Waals surface area contributed by atoms with Crippen LogP contribution in [-0.4, -0.2) is 35.8 Å². The minimum atomic E-state index is -0.327. The van der Waals surface area contributed by atoms with Crippen molar-refractivity contribution < 1.29 is 14.0 Å². The number of carbonyl (C=O) groups excluding carboxylic acids is 2. The first-order chi connectivity index (χ1) is 10.4. The summed E-state index contributed by atoms with van der Waals surface area (Å²) in [5, 5.41) is 3.04. The summed E-state index contributed by atoms with van der Waals surface area (Å²) in [4.78, 5) is 30.0. The van der Waals surface area contributed by atoms with Gasteiger partial charge in [0.1, 0.15) is 16.4 Å². The van der Waals surface area contributed by atoms with Crippen molar-refractivity contribution >= 4 is 34.4 Å². The number of carbonyl (C=O) groups is 2. The van der Waals surface area contributed by atoms with Gasteiger partial charge in [0.25, 0.3) is 5.91 Å². The first-order valence-electron chi connectivity index (χ1n) is 6.61. The third-order valence-corrected chi connectivity index (χ3v) is 3.85. The van der Waals surface area contributed by atoms with Gasteiger partial charge in [0.05, 0.1) is 5.69 Å². The van der Waals surface area contributed by atoms with Crippen molar-refractivity contribution in [2.75, 3.05) is 19.4 Å². The van der Waals surface area contributed by atoms with Gasteiger partial charge in [-0.2, -0.15) is 0 Å². The molecule has 0 fully saturated rings. The lowest BCUT2D eigenvalue weighted by Crippen LogP contribution is -2.21. The number of thiazole rings is 1. The molecule has 1 N–H and O–H groups in total. The molecule has 0 aromatic carbocycles. The molecule has 0 spiro atoms. The van der Waals surface area contributed by atoms with Crippen LogP contribution in [0.4, 0.5) is 5.13 Å². The molecule has 2 aromatic rings. The van der Waals surface area contributed by atoms with Crippen LogP contribution in [0.25, 0.3) is 6.08 Å². The number of hydrogen-bond donors (Lipinski definition) is 1. The SMILES string of the molecule is Cc1ccc(/C=C/C(=O)Nc2nc(C)c(C(=O)N(C)C)s2)o1. The second-order valence-electron chi connectivity index (χ2n) is 4.90. The molecule has 2 amide bonds. The largest absolute Gasteiger partial charge is 0.462 e. The van der Waals surface area contributed by atoms with E-state index >= 15 is 0 Å². The molecule has 0 aliphatic heterocycles. The summed E-state index contributed by atoms with van der Waals surface area (Å²) in [6.45, 7) is 3.57. The van der Waals surface area contributed by atoms with Gasteiger partial charge in [0.15, 0.2) is 5.13 Å². The zero-order valence-electron chi connectivity index (χ0n) is 12.8. The van der Waals surface area contributed by atoms with Crippen molar-refractivity contribution in [3.8, 4) is 0 Å². The number of aromatic nitrogens is 1. The third kappa shape index (κ3) is 3.82. The molecule has 0 saturated heterocycles. The fourth-order valence-corrected chi connectivity index (χ4v) is 2.69. The van der Waals surface area contributed by atoms with Gasteiger partial charge >= 0.3 is 0 Å². The molecule has 22 heavy (non-hydrogen) atoms. The predicted octanol–water partition coefficient (Wildman–Crippen LogP) is 2.71. The van der Waals surface area contributed by atoms with E-state index in [2.05, 4.69) is 10.3 Å². The van der Waals surface area contributed by atoms with Gasteiger partial charge in [-0.1, -0.05) is 11.3 Å². The summed E-state index contributed by atoms with van der Waals surface area (Å²) in [7, 11) is 3.35. The topological polar surface area (TPSA) is 75.4 Å². The Morgan fingerprint density at radius 1 is 1.32 bits per heavy atom. The fourth-order valence-electron chi connectivity index (χ4n) is 1.70. The maximum absolute atomic E-state index is 11.9. The summed E-state index contributed by atoms with van der Waals surface area (Å²) in [5.41, 5.74) is 0.602. The lowest BCUT2D eigenvalue weighted by atomic mass is 10.3. The number of nitrogens with zero attached hydrogens (tertiary/aromatic N) is 2. The molecule has 0 aliphatic carbocycles. The van der Waals surface area contributed by atoms with Gasteiger partial charge in [-0.25, -0.2) is 4.98 Å². The average Bonchev–Trinajstić information content (AvgIpc) is 3.01. The van der Waals surface area contributed by atoms with E-state index in [1.807, 2.05) is 13.0 Å². The predicted molar refractivity (Wildman–Crippen MR) is 86.0 cm³/mol. The lowest BCUT2D eigenvalue weighted by molar-refractivity contribution is -0.111. The lowest BCUT2D eigenvalue weighted by Gasteiger charge is -2.07. The molecule has 0 atom stereocenters. The molecule has 2 aromatic heterocycles. The van der Waals surface area contributed by atoms with E-state index in [1.165, 1.54) is 11.0 Å². The van der Waals surface area contributed by atoms with E-state index in [0.717, 1.165) is 17.1 Å². The molecule has 0 saturated carbocycles. The van der Waals surface area contributed by atoms with Crippen LogP contribution in [0.3, 0.4) is 0 Å². The molecule has 116 valence electrons. The normalized spacial score (nSPS) is 10.9. The fraction of sp³-hybridized carbons (Fsp3) is 0.267.